The van der Waals surface area contributed by atoms with E-state index in [9.17, 15) is 9.59 Å². The first-order valence-corrected chi connectivity index (χ1v) is 9.09. The van der Waals surface area contributed by atoms with E-state index in [2.05, 4.69) is 10.3 Å². The van der Waals surface area contributed by atoms with Crippen LogP contribution in [0.15, 0.2) is 52.1 Å². The maximum atomic E-state index is 12.1. The first kappa shape index (κ1) is 18.2. The van der Waals surface area contributed by atoms with Gasteiger partial charge in [0.15, 0.2) is 5.17 Å². The van der Waals surface area contributed by atoms with Crippen molar-refractivity contribution in [3.8, 4) is 0 Å². The van der Waals surface area contributed by atoms with Gasteiger partial charge in [-0.2, -0.15) is 0 Å². The van der Waals surface area contributed by atoms with Gasteiger partial charge in [0, 0.05) is 5.69 Å². The number of anilines is 1. The lowest BCUT2D eigenvalue weighted by atomic mass is 10.3. The number of benzene rings is 1. The number of rotatable bonds is 6. The van der Waals surface area contributed by atoms with Crippen molar-refractivity contribution in [3.63, 3.8) is 0 Å². The number of nitrogens with one attached hydrogen (secondary N) is 1. The fourth-order valence-corrected chi connectivity index (χ4v) is 3.35. The minimum absolute atomic E-state index is 0.000547. The fraction of sp³-hybridized carbons (Fsp3) is 0.278. The highest BCUT2D eigenvalue weighted by Gasteiger charge is 2.29. The number of hydrogen-bond acceptors (Lipinski definition) is 6. The Balaban J connectivity index is 1.74. The molecule has 1 aliphatic heterocycles. The van der Waals surface area contributed by atoms with E-state index < -0.39 is 0 Å². The van der Waals surface area contributed by atoms with E-state index in [1.807, 2.05) is 38.4 Å². The Morgan fingerprint density at radius 1 is 1.35 bits per heavy atom. The van der Waals surface area contributed by atoms with Crippen LogP contribution in [0.3, 0.4) is 0 Å². The predicted molar refractivity (Wildman–Crippen MR) is 102 cm³/mol. The summed E-state index contributed by atoms with van der Waals surface area (Å²) in [6, 6.07) is 10.9. The van der Waals surface area contributed by atoms with Gasteiger partial charge in [-0.3, -0.25) is 14.5 Å². The van der Waals surface area contributed by atoms with E-state index in [-0.39, 0.29) is 11.8 Å². The third-order valence-corrected chi connectivity index (χ3v) is 4.53. The van der Waals surface area contributed by atoms with Crippen LogP contribution in [-0.2, 0) is 16.1 Å². The summed E-state index contributed by atoms with van der Waals surface area (Å²) in [5.41, 5.74) is 1.35. The summed E-state index contributed by atoms with van der Waals surface area (Å²) in [5, 5.41) is 3.47. The molecule has 1 fully saturated rings. The molecule has 1 N–H and O–H groups in total. The monoisotopic (exact) mass is 372 g/mol. The number of carbonyl (C=O) groups excluding carboxylic acids is 2. The Kier molecular flexibility index (Phi) is 5.75. The number of furan rings is 1. The Morgan fingerprint density at radius 2 is 2.19 bits per heavy atom. The van der Waals surface area contributed by atoms with Gasteiger partial charge in [-0.15, -0.1) is 0 Å². The van der Waals surface area contributed by atoms with Crippen LogP contribution in [0.4, 0.5) is 11.4 Å². The molecule has 0 aliphatic carbocycles. The second kappa shape index (κ2) is 8.20. The van der Waals surface area contributed by atoms with Gasteiger partial charge < -0.3 is 14.6 Å². The van der Waals surface area contributed by atoms with E-state index >= 15 is 0 Å². The van der Waals surface area contributed by atoms with Gasteiger partial charge in [0.1, 0.15) is 5.76 Å². The van der Waals surface area contributed by atoms with Crippen LogP contribution in [0.25, 0.3) is 0 Å². The molecule has 1 aromatic heterocycles. The topological polar surface area (TPSA) is 78.2 Å². The zero-order chi connectivity index (χ0) is 18.5. The molecule has 1 aliphatic rings. The molecule has 1 saturated heterocycles. The molecule has 2 aromatic rings. The maximum Gasteiger partial charge on any atom is 0.239 e. The molecule has 0 atom stereocenters. The van der Waals surface area contributed by atoms with Crippen molar-refractivity contribution >= 4 is 40.1 Å². The fourth-order valence-electron chi connectivity index (χ4n) is 2.45. The number of carbonyl (C=O) groups is 2. The predicted octanol–water partition coefficient (Wildman–Crippen LogP) is 2.54. The summed E-state index contributed by atoms with van der Waals surface area (Å²) in [7, 11) is 3.67. The van der Waals surface area contributed by atoms with Crippen LogP contribution in [0.1, 0.15) is 5.76 Å². The van der Waals surface area contributed by atoms with E-state index in [4.69, 9.17) is 4.42 Å². The second-order valence-electron chi connectivity index (χ2n) is 6.08. The average molecular weight is 372 g/mol. The summed E-state index contributed by atoms with van der Waals surface area (Å²) in [4.78, 5) is 32.0. The highest BCUT2D eigenvalue weighted by atomic mass is 32.2. The van der Waals surface area contributed by atoms with Crippen molar-refractivity contribution in [3.05, 3.63) is 48.4 Å². The van der Waals surface area contributed by atoms with Crippen molar-refractivity contribution in [1.82, 2.24) is 9.80 Å². The summed E-state index contributed by atoms with van der Waals surface area (Å²) in [5.74, 6) is 0.974. The minimum atomic E-state index is -0.0929. The molecule has 0 radical (unpaired) electrons. The molecule has 2 amide bonds. The van der Waals surface area contributed by atoms with Crippen LogP contribution in [-0.4, -0.2) is 53.2 Å². The average Bonchev–Trinajstić information content (AvgIpc) is 3.20. The Labute approximate surface area is 156 Å². The number of hydrogen-bond donors (Lipinski definition) is 1. The molecule has 3 rings (SSSR count). The summed E-state index contributed by atoms with van der Waals surface area (Å²) >= 11 is 1.39. The van der Waals surface area contributed by atoms with Crippen LogP contribution < -0.4 is 5.32 Å². The lowest BCUT2D eigenvalue weighted by Gasteiger charge is -2.14. The number of likely N-dealkylation sites (N-methyl/N-ethyl adjacent to an activating group) is 1. The van der Waals surface area contributed by atoms with Crippen molar-refractivity contribution in [1.29, 1.82) is 0 Å². The van der Waals surface area contributed by atoms with Gasteiger partial charge in [0.05, 0.1) is 30.8 Å². The van der Waals surface area contributed by atoms with Crippen LogP contribution in [0.2, 0.25) is 0 Å². The highest BCUT2D eigenvalue weighted by molar-refractivity contribution is 8.15. The van der Waals surface area contributed by atoms with Gasteiger partial charge in [-0.25, -0.2) is 4.99 Å². The molecule has 136 valence electrons. The van der Waals surface area contributed by atoms with Gasteiger partial charge in [-0.1, -0.05) is 17.8 Å². The first-order valence-electron chi connectivity index (χ1n) is 8.10. The van der Waals surface area contributed by atoms with Crippen molar-refractivity contribution in [2.75, 3.05) is 31.7 Å². The summed E-state index contributed by atoms with van der Waals surface area (Å²) in [6.07, 6.45) is 1.58. The number of amidine groups is 1. The van der Waals surface area contributed by atoms with Crippen LogP contribution in [0, 0.1) is 0 Å². The van der Waals surface area contributed by atoms with Crippen molar-refractivity contribution in [2.24, 2.45) is 4.99 Å². The number of thioether (sulfide) groups is 1. The molecule has 2 heterocycles. The summed E-state index contributed by atoms with van der Waals surface area (Å²) < 4.78 is 5.33. The molecule has 0 bridgehead atoms. The number of nitrogens with zero attached hydrogens (tertiary/aromatic N) is 3. The van der Waals surface area contributed by atoms with Gasteiger partial charge in [-0.05, 0) is 44.4 Å². The Morgan fingerprint density at radius 3 is 2.92 bits per heavy atom. The zero-order valence-electron chi connectivity index (χ0n) is 14.6. The van der Waals surface area contributed by atoms with Crippen molar-refractivity contribution < 1.29 is 14.0 Å². The SMILES string of the molecule is CN(C)CC(=O)Nc1cccc(N=C2SCC(=O)N2Cc2ccco2)c1. The first-order chi connectivity index (χ1) is 12.5. The van der Waals surface area contributed by atoms with Gasteiger partial charge in [0.25, 0.3) is 0 Å². The largest absolute Gasteiger partial charge is 0.467 e. The Bertz CT molecular complexity index is 818. The van der Waals surface area contributed by atoms with Crippen LogP contribution in [0.5, 0.6) is 0 Å². The van der Waals surface area contributed by atoms with Crippen LogP contribution >= 0.6 is 11.8 Å². The lowest BCUT2D eigenvalue weighted by Crippen LogP contribution is -2.28. The lowest BCUT2D eigenvalue weighted by molar-refractivity contribution is -0.124. The molecule has 1 aromatic carbocycles. The maximum absolute atomic E-state index is 12.1. The molecule has 0 saturated carbocycles. The van der Waals surface area contributed by atoms with E-state index in [0.29, 0.717) is 41.1 Å². The molecular weight excluding hydrogens is 352 g/mol. The molecule has 26 heavy (non-hydrogen) atoms. The molecule has 0 spiro atoms. The number of amides is 2. The minimum Gasteiger partial charge on any atom is -0.467 e. The van der Waals surface area contributed by atoms with Gasteiger partial charge >= 0.3 is 0 Å². The molecular formula is C18H20N4O3S. The molecule has 8 heteroatoms. The smallest absolute Gasteiger partial charge is 0.239 e. The standard InChI is InChI=1S/C18H20N4O3S/c1-21(2)11-16(23)19-13-5-3-6-14(9-13)20-18-22(17(24)12-26-18)10-15-7-4-8-25-15/h3-9H,10-12H2,1-2H3,(H,19,23). The van der Waals surface area contributed by atoms with E-state index in [0.717, 1.165) is 0 Å². The Hall–Kier alpha value is -2.58. The normalized spacial score (nSPS) is 15.9. The molecule has 7 nitrogen and oxygen atoms in total. The quantitative estimate of drug-likeness (QED) is 0.843. The number of aliphatic imine (C=N–C) groups is 1. The summed E-state index contributed by atoms with van der Waals surface area (Å²) in [6.45, 7) is 0.664. The highest BCUT2D eigenvalue weighted by Crippen LogP contribution is 2.26. The van der Waals surface area contributed by atoms with Gasteiger partial charge in [0.2, 0.25) is 11.8 Å². The molecule has 0 unspecified atom stereocenters. The second-order valence-corrected chi connectivity index (χ2v) is 7.02. The van der Waals surface area contributed by atoms with E-state index in [1.54, 1.807) is 28.2 Å². The zero-order valence-corrected chi connectivity index (χ0v) is 15.5. The van der Waals surface area contributed by atoms with E-state index in [1.165, 1.54) is 11.8 Å². The third kappa shape index (κ3) is 4.74. The third-order valence-electron chi connectivity index (χ3n) is 3.57. The van der Waals surface area contributed by atoms with Crippen molar-refractivity contribution in [2.45, 2.75) is 6.54 Å².